The van der Waals surface area contributed by atoms with Crippen molar-refractivity contribution < 1.29 is 9.72 Å². The molecule has 7 nitrogen and oxygen atoms in total. The van der Waals surface area contributed by atoms with Crippen LogP contribution in [0.2, 0.25) is 0 Å². The van der Waals surface area contributed by atoms with E-state index in [0.29, 0.717) is 22.5 Å². The number of carbonyl (C=O) groups excluding carboxylic acids is 1. The van der Waals surface area contributed by atoms with Crippen LogP contribution in [0.15, 0.2) is 18.2 Å². The lowest BCUT2D eigenvalue weighted by molar-refractivity contribution is -0.385. The summed E-state index contributed by atoms with van der Waals surface area (Å²) in [6.45, 7) is 5.43. The van der Waals surface area contributed by atoms with Crippen molar-refractivity contribution in [3.63, 3.8) is 0 Å². The van der Waals surface area contributed by atoms with E-state index in [1.54, 1.807) is 32.9 Å². The molecular formula is C14H16N4O3. The molecule has 21 heavy (non-hydrogen) atoms. The number of aromatic amines is 1. The number of hydrogen-bond acceptors (Lipinski definition) is 4. The number of aryl methyl sites for hydroxylation is 2. The first-order valence-electron chi connectivity index (χ1n) is 6.44. The van der Waals surface area contributed by atoms with E-state index in [-0.39, 0.29) is 18.1 Å². The van der Waals surface area contributed by atoms with Gasteiger partial charge in [-0.05, 0) is 26.3 Å². The maximum Gasteiger partial charge on any atom is 0.272 e. The number of aromatic nitrogens is 2. The highest BCUT2D eigenvalue weighted by atomic mass is 16.6. The van der Waals surface area contributed by atoms with Gasteiger partial charge in [-0.1, -0.05) is 12.1 Å². The van der Waals surface area contributed by atoms with Crippen LogP contribution in [0.4, 0.5) is 5.69 Å². The van der Waals surface area contributed by atoms with Crippen LogP contribution < -0.4 is 5.32 Å². The predicted octanol–water partition coefficient (Wildman–Crippen LogP) is 2.17. The number of benzene rings is 1. The summed E-state index contributed by atoms with van der Waals surface area (Å²) in [6, 6.07) is 4.82. The molecule has 2 rings (SSSR count). The Kier molecular flexibility index (Phi) is 4.02. The highest BCUT2D eigenvalue weighted by Gasteiger charge is 2.17. The quantitative estimate of drug-likeness (QED) is 0.665. The van der Waals surface area contributed by atoms with E-state index in [9.17, 15) is 14.9 Å². The van der Waals surface area contributed by atoms with Gasteiger partial charge >= 0.3 is 0 Å². The number of H-pyrrole nitrogens is 1. The van der Waals surface area contributed by atoms with Crippen molar-refractivity contribution in [1.82, 2.24) is 15.5 Å². The van der Waals surface area contributed by atoms with E-state index in [4.69, 9.17) is 0 Å². The van der Waals surface area contributed by atoms with Crippen LogP contribution in [-0.2, 0) is 6.54 Å². The summed E-state index contributed by atoms with van der Waals surface area (Å²) in [5.41, 5.74) is 3.16. The third-order valence-corrected chi connectivity index (χ3v) is 3.41. The number of amides is 1. The molecule has 0 spiro atoms. The van der Waals surface area contributed by atoms with Crippen molar-refractivity contribution in [3.05, 3.63) is 56.4 Å². The minimum atomic E-state index is -0.426. The van der Waals surface area contributed by atoms with Gasteiger partial charge in [0.1, 0.15) is 0 Å². The zero-order chi connectivity index (χ0) is 15.6. The molecule has 0 saturated carbocycles. The zero-order valence-electron chi connectivity index (χ0n) is 12.1. The van der Waals surface area contributed by atoms with E-state index in [1.807, 2.05) is 0 Å². The van der Waals surface area contributed by atoms with Gasteiger partial charge < -0.3 is 5.32 Å². The molecule has 7 heteroatoms. The van der Waals surface area contributed by atoms with E-state index >= 15 is 0 Å². The van der Waals surface area contributed by atoms with Gasteiger partial charge in [-0.3, -0.25) is 20.0 Å². The number of nitro benzene ring substituents is 1. The zero-order valence-corrected chi connectivity index (χ0v) is 12.1. The monoisotopic (exact) mass is 288 g/mol. The van der Waals surface area contributed by atoms with Crippen molar-refractivity contribution in [2.75, 3.05) is 0 Å². The molecule has 2 N–H and O–H groups in total. The van der Waals surface area contributed by atoms with Crippen LogP contribution in [-0.4, -0.2) is 21.0 Å². The lowest BCUT2D eigenvalue weighted by Gasteiger charge is -2.08. The topological polar surface area (TPSA) is 101 Å². The molecule has 0 aliphatic carbocycles. The molecule has 2 aromatic rings. The average molecular weight is 288 g/mol. The molecule has 0 atom stereocenters. The standard InChI is InChI=1S/C14H16N4O3/c1-8-11(5-4-6-12(8)18(20)21)7-15-14(19)13-9(2)16-17-10(13)3/h4-6H,7H2,1-3H3,(H,15,19)(H,16,17). The molecule has 0 aliphatic heterocycles. The van der Waals surface area contributed by atoms with Gasteiger partial charge in [-0.15, -0.1) is 0 Å². The largest absolute Gasteiger partial charge is 0.348 e. The minimum absolute atomic E-state index is 0.0532. The minimum Gasteiger partial charge on any atom is -0.348 e. The van der Waals surface area contributed by atoms with Crippen molar-refractivity contribution >= 4 is 11.6 Å². The molecule has 0 unspecified atom stereocenters. The van der Waals surface area contributed by atoms with Crippen LogP contribution in [0.25, 0.3) is 0 Å². The Balaban J connectivity index is 2.16. The van der Waals surface area contributed by atoms with Crippen LogP contribution in [0.3, 0.4) is 0 Å². The maximum atomic E-state index is 12.1. The third kappa shape index (κ3) is 2.91. The maximum absolute atomic E-state index is 12.1. The summed E-state index contributed by atoms with van der Waals surface area (Å²) in [5.74, 6) is -0.246. The smallest absolute Gasteiger partial charge is 0.272 e. The first-order valence-corrected chi connectivity index (χ1v) is 6.44. The SMILES string of the molecule is Cc1n[nH]c(C)c1C(=O)NCc1cccc([N+](=O)[O-])c1C. The van der Waals surface area contributed by atoms with E-state index in [0.717, 1.165) is 5.56 Å². The normalized spacial score (nSPS) is 10.4. The van der Waals surface area contributed by atoms with Crippen molar-refractivity contribution in [2.45, 2.75) is 27.3 Å². The van der Waals surface area contributed by atoms with E-state index < -0.39 is 4.92 Å². The average Bonchev–Trinajstić information content (AvgIpc) is 2.76. The highest BCUT2D eigenvalue weighted by Crippen LogP contribution is 2.21. The lowest BCUT2D eigenvalue weighted by Crippen LogP contribution is -2.24. The molecule has 0 fully saturated rings. The molecule has 0 bridgehead atoms. The first kappa shape index (κ1) is 14.7. The van der Waals surface area contributed by atoms with Crippen LogP contribution in [0.5, 0.6) is 0 Å². The van der Waals surface area contributed by atoms with Gasteiger partial charge in [0.25, 0.3) is 11.6 Å². The first-order chi connectivity index (χ1) is 9.91. The second kappa shape index (κ2) is 5.74. The molecule has 0 aliphatic rings. The van der Waals surface area contributed by atoms with E-state index in [2.05, 4.69) is 15.5 Å². The Morgan fingerprint density at radius 2 is 2.10 bits per heavy atom. The molecular weight excluding hydrogens is 272 g/mol. The fourth-order valence-corrected chi connectivity index (χ4v) is 2.21. The van der Waals surface area contributed by atoms with E-state index in [1.165, 1.54) is 6.07 Å². The second-order valence-electron chi connectivity index (χ2n) is 4.81. The number of nitro groups is 1. The van der Waals surface area contributed by atoms with Gasteiger partial charge in [0, 0.05) is 23.9 Å². The Hall–Kier alpha value is -2.70. The fraction of sp³-hybridized carbons (Fsp3) is 0.286. The van der Waals surface area contributed by atoms with Crippen molar-refractivity contribution in [3.8, 4) is 0 Å². The van der Waals surface area contributed by atoms with Gasteiger partial charge in [0.05, 0.1) is 16.2 Å². The Morgan fingerprint density at radius 3 is 2.67 bits per heavy atom. The summed E-state index contributed by atoms with van der Waals surface area (Å²) in [6.07, 6.45) is 0. The molecule has 1 aromatic carbocycles. The van der Waals surface area contributed by atoms with Crippen LogP contribution >= 0.6 is 0 Å². The number of nitrogens with zero attached hydrogens (tertiary/aromatic N) is 2. The molecule has 1 amide bonds. The van der Waals surface area contributed by atoms with Gasteiger partial charge in [-0.25, -0.2) is 0 Å². The third-order valence-electron chi connectivity index (χ3n) is 3.41. The number of rotatable bonds is 4. The summed E-state index contributed by atoms with van der Waals surface area (Å²) in [5, 5.41) is 20.4. The molecule has 110 valence electrons. The number of nitrogens with one attached hydrogen (secondary N) is 2. The van der Waals surface area contributed by atoms with Crippen molar-refractivity contribution in [2.24, 2.45) is 0 Å². The fourth-order valence-electron chi connectivity index (χ4n) is 2.21. The number of hydrogen-bond donors (Lipinski definition) is 2. The van der Waals surface area contributed by atoms with Gasteiger partial charge in [0.2, 0.25) is 0 Å². The Labute approximate surface area is 121 Å². The van der Waals surface area contributed by atoms with Gasteiger partial charge in [0.15, 0.2) is 0 Å². The molecule has 0 radical (unpaired) electrons. The lowest BCUT2D eigenvalue weighted by atomic mass is 10.1. The second-order valence-corrected chi connectivity index (χ2v) is 4.81. The summed E-state index contributed by atoms with van der Waals surface area (Å²) < 4.78 is 0. The summed E-state index contributed by atoms with van der Waals surface area (Å²) in [7, 11) is 0. The molecule has 0 saturated heterocycles. The number of carbonyl (C=O) groups is 1. The summed E-state index contributed by atoms with van der Waals surface area (Å²) in [4.78, 5) is 22.6. The van der Waals surface area contributed by atoms with Gasteiger partial charge in [-0.2, -0.15) is 5.10 Å². The van der Waals surface area contributed by atoms with Crippen LogP contribution in [0, 0.1) is 30.9 Å². The Morgan fingerprint density at radius 1 is 1.38 bits per heavy atom. The molecule has 1 aromatic heterocycles. The predicted molar refractivity (Wildman–Crippen MR) is 77.1 cm³/mol. The van der Waals surface area contributed by atoms with Crippen LogP contribution in [0.1, 0.15) is 32.9 Å². The molecule has 1 heterocycles. The Bertz CT molecular complexity index is 687. The highest BCUT2D eigenvalue weighted by molar-refractivity contribution is 5.96. The summed E-state index contributed by atoms with van der Waals surface area (Å²) >= 11 is 0. The van der Waals surface area contributed by atoms with Crippen molar-refractivity contribution in [1.29, 1.82) is 0 Å².